The van der Waals surface area contributed by atoms with Gasteiger partial charge in [0.15, 0.2) is 0 Å². The SMILES string of the molecule is O=C(O)c1cc(Oc2ccc(Cl)cc2Cl)cs1. The average molecular weight is 289 g/mol. The molecule has 0 saturated heterocycles. The highest BCUT2D eigenvalue weighted by Gasteiger charge is 2.09. The van der Waals surface area contributed by atoms with Gasteiger partial charge >= 0.3 is 5.97 Å². The van der Waals surface area contributed by atoms with Crippen molar-refractivity contribution >= 4 is 40.5 Å². The third-order valence-electron chi connectivity index (χ3n) is 1.91. The second-order valence-electron chi connectivity index (χ2n) is 3.13. The standard InChI is InChI=1S/C11H6Cl2O3S/c12-6-1-2-9(8(13)3-6)16-7-4-10(11(14)15)17-5-7/h1-5H,(H,14,15). The maximum absolute atomic E-state index is 10.7. The van der Waals surface area contributed by atoms with Gasteiger partial charge in [-0.15, -0.1) is 11.3 Å². The van der Waals surface area contributed by atoms with Crippen molar-refractivity contribution in [1.29, 1.82) is 0 Å². The molecule has 0 fully saturated rings. The van der Waals surface area contributed by atoms with Crippen molar-refractivity contribution in [3.05, 3.63) is 44.6 Å². The summed E-state index contributed by atoms with van der Waals surface area (Å²) in [6, 6.07) is 6.27. The Bertz CT molecular complexity index is 566. The maximum Gasteiger partial charge on any atom is 0.346 e. The predicted octanol–water partition coefficient (Wildman–Crippen LogP) is 4.55. The van der Waals surface area contributed by atoms with Crippen LogP contribution in [0.15, 0.2) is 29.6 Å². The monoisotopic (exact) mass is 288 g/mol. The van der Waals surface area contributed by atoms with Crippen LogP contribution < -0.4 is 4.74 Å². The van der Waals surface area contributed by atoms with Crippen LogP contribution in [0.25, 0.3) is 0 Å². The summed E-state index contributed by atoms with van der Waals surface area (Å²) in [5, 5.41) is 11.3. The molecule has 0 aliphatic carbocycles. The normalized spacial score (nSPS) is 10.2. The minimum absolute atomic E-state index is 0.213. The summed E-state index contributed by atoms with van der Waals surface area (Å²) in [7, 11) is 0. The van der Waals surface area contributed by atoms with E-state index in [1.165, 1.54) is 6.07 Å². The van der Waals surface area contributed by atoms with Crippen LogP contribution in [0.1, 0.15) is 9.67 Å². The molecule has 0 saturated carbocycles. The highest BCUT2D eigenvalue weighted by molar-refractivity contribution is 7.12. The van der Waals surface area contributed by atoms with Crippen LogP contribution in [0.4, 0.5) is 0 Å². The van der Waals surface area contributed by atoms with Crippen LogP contribution in [0.2, 0.25) is 10.0 Å². The van der Waals surface area contributed by atoms with Crippen LogP contribution in [0.3, 0.4) is 0 Å². The molecule has 88 valence electrons. The van der Waals surface area contributed by atoms with Crippen LogP contribution in [-0.4, -0.2) is 11.1 Å². The lowest BCUT2D eigenvalue weighted by Gasteiger charge is -2.05. The molecule has 0 unspecified atom stereocenters. The van der Waals surface area contributed by atoms with Gasteiger partial charge in [-0.05, 0) is 18.2 Å². The predicted molar refractivity (Wildman–Crippen MR) is 67.8 cm³/mol. The second kappa shape index (κ2) is 4.96. The number of carboxylic acids is 1. The molecule has 17 heavy (non-hydrogen) atoms. The van der Waals surface area contributed by atoms with Gasteiger partial charge in [0, 0.05) is 16.5 Å². The third-order valence-corrected chi connectivity index (χ3v) is 3.33. The van der Waals surface area contributed by atoms with Crippen LogP contribution in [0.5, 0.6) is 11.5 Å². The largest absolute Gasteiger partial charge is 0.477 e. The highest BCUT2D eigenvalue weighted by Crippen LogP contribution is 2.33. The quantitative estimate of drug-likeness (QED) is 0.901. The van der Waals surface area contributed by atoms with E-state index in [0.29, 0.717) is 21.5 Å². The summed E-state index contributed by atoms with van der Waals surface area (Å²) >= 11 is 12.8. The van der Waals surface area contributed by atoms with Crippen molar-refractivity contribution in [3.8, 4) is 11.5 Å². The summed E-state index contributed by atoms with van der Waals surface area (Å²) in [5.74, 6) is -0.102. The van der Waals surface area contributed by atoms with E-state index in [1.807, 2.05) is 0 Å². The number of thiophene rings is 1. The number of ether oxygens (including phenoxy) is 1. The molecule has 0 atom stereocenters. The molecule has 0 spiro atoms. The van der Waals surface area contributed by atoms with E-state index >= 15 is 0 Å². The highest BCUT2D eigenvalue weighted by atomic mass is 35.5. The number of halogens is 2. The Labute approximate surface area is 111 Å². The van der Waals surface area contributed by atoms with Gasteiger partial charge in [0.1, 0.15) is 16.4 Å². The molecule has 1 aromatic heterocycles. The van der Waals surface area contributed by atoms with Crippen LogP contribution >= 0.6 is 34.5 Å². The topological polar surface area (TPSA) is 46.5 Å². The number of hydrogen-bond donors (Lipinski definition) is 1. The van der Waals surface area contributed by atoms with E-state index in [4.69, 9.17) is 33.0 Å². The average Bonchev–Trinajstić information content (AvgIpc) is 2.71. The Morgan fingerprint density at radius 2 is 2.06 bits per heavy atom. The van der Waals surface area contributed by atoms with Crippen LogP contribution in [0, 0.1) is 0 Å². The van der Waals surface area contributed by atoms with Crippen LogP contribution in [-0.2, 0) is 0 Å². The molecule has 0 aliphatic heterocycles. The number of aromatic carboxylic acids is 1. The van der Waals surface area contributed by atoms with Crippen molar-refractivity contribution in [3.63, 3.8) is 0 Å². The van der Waals surface area contributed by atoms with E-state index in [-0.39, 0.29) is 4.88 Å². The smallest absolute Gasteiger partial charge is 0.346 e. The van der Waals surface area contributed by atoms with Gasteiger partial charge in [-0.25, -0.2) is 4.79 Å². The van der Waals surface area contributed by atoms with Gasteiger partial charge in [0.2, 0.25) is 0 Å². The molecular formula is C11H6Cl2O3S. The van der Waals surface area contributed by atoms with Gasteiger partial charge in [-0.2, -0.15) is 0 Å². The molecule has 1 aromatic carbocycles. The van der Waals surface area contributed by atoms with Gasteiger partial charge in [0.05, 0.1) is 5.02 Å². The molecule has 0 radical (unpaired) electrons. The minimum Gasteiger partial charge on any atom is -0.477 e. The minimum atomic E-state index is -0.980. The van der Waals surface area contributed by atoms with E-state index in [1.54, 1.807) is 23.6 Å². The molecule has 2 aromatic rings. The lowest BCUT2D eigenvalue weighted by molar-refractivity contribution is 0.0702. The first-order valence-electron chi connectivity index (χ1n) is 4.51. The maximum atomic E-state index is 10.7. The second-order valence-corrected chi connectivity index (χ2v) is 4.88. The molecule has 0 amide bonds. The van der Waals surface area contributed by atoms with Crippen molar-refractivity contribution in [2.45, 2.75) is 0 Å². The first kappa shape index (κ1) is 12.2. The summed E-state index contributed by atoms with van der Waals surface area (Å²) in [6.07, 6.45) is 0. The fourth-order valence-electron chi connectivity index (χ4n) is 1.17. The summed E-state index contributed by atoms with van der Waals surface area (Å²) in [5.41, 5.74) is 0. The molecule has 3 nitrogen and oxygen atoms in total. The van der Waals surface area contributed by atoms with Crippen molar-refractivity contribution in [2.24, 2.45) is 0 Å². The van der Waals surface area contributed by atoms with E-state index in [9.17, 15) is 4.79 Å². The van der Waals surface area contributed by atoms with Crippen molar-refractivity contribution in [2.75, 3.05) is 0 Å². The molecule has 1 N–H and O–H groups in total. The van der Waals surface area contributed by atoms with Crippen molar-refractivity contribution in [1.82, 2.24) is 0 Å². The third kappa shape index (κ3) is 2.91. The molecule has 0 bridgehead atoms. The Morgan fingerprint density at radius 3 is 2.65 bits per heavy atom. The van der Waals surface area contributed by atoms with Gasteiger partial charge < -0.3 is 9.84 Å². The number of carboxylic acid groups (broad SMARTS) is 1. The first-order valence-corrected chi connectivity index (χ1v) is 6.14. The Balaban J connectivity index is 2.22. The Hall–Kier alpha value is -1.23. The fraction of sp³-hybridized carbons (Fsp3) is 0. The number of benzene rings is 1. The molecule has 1 heterocycles. The van der Waals surface area contributed by atoms with E-state index in [2.05, 4.69) is 0 Å². The van der Waals surface area contributed by atoms with Gasteiger partial charge in [-0.3, -0.25) is 0 Å². The molecular weight excluding hydrogens is 283 g/mol. The van der Waals surface area contributed by atoms with Gasteiger partial charge in [0.25, 0.3) is 0 Å². The first-order chi connectivity index (χ1) is 8.06. The fourth-order valence-corrected chi connectivity index (χ4v) is 2.26. The summed E-state index contributed by atoms with van der Waals surface area (Å²) in [4.78, 5) is 10.9. The summed E-state index contributed by atoms with van der Waals surface area (Å²) in [6.45, 7) is 0. The Kier molecular flexibility index (Phi) is 3.57. The van der Waals surface area contributed by atoms with Gasteiger partial charge in [-0.1, -0.05) is 23.2 Å². The zero-order valence-corrected chi connectivity index (χ0v) is 10.6. The van der Waals surface area contributed by atoms with E-state index in [0.717, 1.165) is 11.3 Å². The molecule has 0 aliphatic rings. The Morgan fingerprint density at radius 1 is 1.29 bits per heavy atom. The zero-order chi connectivity index (χ0) is 12.4. The number of rotatable bonds is 3. The number of carbonyl (C=O) groups is 1. The lowest BCUT2D eigenvalue weighted by atomic mass is 10.3. The molecule has 2 rings (SSSR count). The van der Waals surface area contributed by atoms with Crippen molar-refractivity contribution < 1.29 is 14.6 Å². The lowest BCUT2D eigenvalue weighted by Crippen LogP contribution is -1.90. The zero-order valence-electron chi connectivity index (χ0n) is 8.31. The molecule has 6 heteroatoms. The number of hydrogen-bond acceptors (Lipinski definition) is 3. The van der Waals surface area contributed by atoms with E-state index < -0.39 is 5.97 Å². The summed E-state index contributed by atoms with van der Waals surface area (Å²) < 4.78 is 5.45.